The predicted octanol–water partition coefficient (Wildman–Crippen LogP) is 4.22. The van der Waals surface area contributed by atoms with Crippen molar-refractivity contribution in [1.82, 2.24) is 4.98 Å². The molecule has 1 N–H and O–H groups in total. The van der Waals surface area contributed by atoms with Gasteiger partial charge in [0.05, 0.1) is 34.6 Å². The lowest BCUT2D eigenvalue weighted by Crippen LogP contribution is -2.45. The summed E-state index contributed by atoms with van der Waals surface area (Å²) in [5, 5.41) is 4.97. The summed E-state index contributed by atoms with van der Waals surface area (Å²) in [4.78, 5) is 7.46. The number of rotatable bonds is 4. The van der Waals surface area contributed by atoms with Crippen LogP contribution in [-0.2, 0) is 10.9 Å². The number of aromatic nitrogens is 1. The van der Waals surface area contributed by atoms with Crippen LogP contribution in [0.5, 0.6) is 0 Å². The van der Waals surface area contributed by atoms with Crippen LogP contribution in [0.25, 0.3) is 0 Å². The fraction of sp³-hybridized carbons (Fsp3) is 0.412. The molecule has 1 aliphatic heterocycles. The van der Waals surface area contributed by atoms with E-state index in [0.717, 1.165) is 35.2 Å². The van der Waals surface area contributed by atoms with Crippen LogP contribution in [0.2, 0.25) is 0 Å². The highest BCUT2D eigenvalue weighted by molar-refractivity contribution is 7.17. The number of hydrazone groups is 1. The fourth-order valence-electron chi connectivity index (χ4n) is 2.72. The lowest BCUT2D eigenvalue weighted by molar-refractivity contribution is -0.137. The SMILES string of the molecule is C[C@@H]1CN(c2ncc(/C=N\Nc3ccc(C(F)(F)F)cc3)s2)C[C@H](C)O1. The number of hydrogen-bond acceptors (Lipinski definition) is 6. The van der Waals surface area contributed by atoms with Crippen molar-refractivity contribution in [3.63, 3.8) is 0 Å². The predicted molar refractivity (Wildman–Crippen MR) is 97.0 cm³/mol. The summed E-state index contributed by atoms with van der Waals surface area (Å²) in [5.74, 6) is 0. The van der Waals surface area contributed by atoms with Crippen molar-refractivity contribution in [2.75, 3.05) is 23.4 Å². The van der Waals surface area contributed by atoms with Gasteiger partial charge in [-0.05, 0) is 38.1 Å². The molecule has 9 heteroatoms. The molecule has 5 nitrogen and oxygen atoms in total. The molecule has 2 aromatic rings. The van der Waals surface area contributed by atoms with Gasteiger partial charge in [-0.3, -0.25) is 5.43 Å². The maximum atomic E-state index is 12.5. The van der Waals surface area contributed by atoms with Crippen LogP contribution in [0.3, 0.4) is 0 Å². The second-order valence-electron chi connectivity index (χ2n) is 6.15. The molecule has 0 saturated carbocycles. The van der Waals surface area contributed by atoms with E-state index >= 15 is 0 Å². The molecule has 26 heavy (non-hydrogen) atoms. The summed E-state index contributed by atoms with van der Waals surface area (Å²) in [5.41, 5.74) is 2.52. The minimum atomic E-state index is -4.34. The number of ether oxygens (including phenoxy) is 1. The second kappa shape index (κ2) is 7.63. The zero-order valence-corrected chi connectivity index (χ0v) is 15.1. The van der Waals surface area contributed by atoms with Crippen molar-refractivity contribution in [2.45, 2.75) is 32.2 Å². The molecule has 1 fully saturated rings. The largest absolute Gasteiger partial charge is 0.416 e. The van der Waals surface area contributed by atoms with Crippen molar-refractivity contribution >= 4 is 28.4 Å². The van der Waals surface area contributed by atoms with Crippen molar-refractivity contribution < 1.29 is 17.9 Å². The summed E-state index contributed by atoms with van der Waals surface area (Å²) in [6.07, 6.45) is -0.702. The molecule has 2 atom stereocenters. The van der Waals surface area contributed by atoms with Gasteiger partial charge in [-0.25, -0.2) is 4.98 Å². The standard InChI is InChI=1S/C17H19F3N4OS/c1-11-9-24(10-12(2)25-11)16-21-7-15(26-16)8-22-23-14-5-3-13(4-6-14)17(18,19)20/h3-8,11-12,23H,9-10H2,1-2H3/b22-8-/t11-,12+. The molecule has 1 aromatic heterocycles. The van der Waals surface area contributed by atoms with Crippen molar-refractivity contribution in [1.29, 1.82) is 0 Å². The molecule has 2 heterocycles. The number of benzene rings is 1. The Morgan fingerprint density at radius 1 is 1.23 bits per heavy atom. The van der Waals surface area contributed by atoms with Gasteiger partial charge in [0.2, 0.25) is 0 Å². The van der Waals surface area contributed by atoms with Gasteiger partial charge >= 0.3 is 6.18 Å². The molecule has 0 radical (unpaired) electrons. The van der Waals surface area contributed by atoms with Crippen LogP contribution < -0.4 is 10.3 Å². The number of thiazole rings is 1. The average Bonchev–Trinajstić information content (AvgIpc) is 3.02. The maximum Gasteiger partial charge on any atom is 0.416 e. The fourth-order valence-corrected chi connectivity index (χ4v) is 3.53. The zero-order valence-electron chi connectivity index (χ0n) is 14.3. The topological polar surface area (TPSA) is 49.8 Å². The van der Waals surface area contributed by atoms with E-state index in [9.17, 15) is 13.2 Å². The van der Waals surface area contributed by atoms with Gasteiger partial charge in [0.25, 0.3) is 0 Å². The smallest absolute Gasteiger partial charge is 0.372 e. The third kappa shape index (κ3) is 4.73. The molecule has 1 aliphatic rings. The van der Waals surface area contributed by atoms with Gasteiger partial charge in [-0.15, -0.1) is 0 Å². The number of halogens is 3. The highest BCUT2D eigenvalue weighted by atomic mass is 32.1. The Morgan fingerprint density at radius 2 is 1.88 bits per heavy atom. The molecule has 0 bridgehead atoms. The van der Waals surface area contributed by atoms with Gasteiger partial charge in [-0.2, -0.15) is 18.3 Å². The lowest BCUT2D eigenvalue weighted by atomic mass is 10.2. The summed E-state index contributed by atoms with van der Waals surface area (Å²) in [6, 6.07) is 4.72. The molecule has 0 aliphatic carbocycles. The minimum absolute atomic E-state index is 0.154. The van der Waals surface area contributed by atoms with Gasteiger partial charge < -0.3 is 9.64 Å². The van der Waals surface area contributed by atoms with Crippen LogP contribution in [0.4, 0.5) is 24.0 Å². The molecule has 1 saturated heterocycles. The summed E-state index contributed by atoms with van der Waals surface area (Å²) in [6.45, 7) is 5.65. The minimum Gasteiger partial charge on any atom is -0.372 e. The Bertz CT molecular complexity index is 750. The first-order valence-corrected chi connectivity index (χ1v) is 8.95. The molecule has 0 spiro atoms. The monoisotopic (exact) mass is 384 g/mol. The average molecular weight is 384 g/mol. The second-order valence-corrected chi connectivity index (χ2v) is 7.19. The number of alkyl halides is 3. The normalized spacial score (nSPS) is 21.3. The Labute approximate surface area is 153 Å². The highest BCUT2D eigenvalue weighted by Gasteiger charge is 2.29. The maximum absolute atomic E-state index is 12.5. The molecule has 3 rings (SSSR count). The highest BCUT2D eigenvalue weighted by Crippen LogP contribution is 2.30. The van der Waals surface area contributed by atoms with Crippen LogP contribution >= 0.6 is 11.3 Å². The van der Waals surface area contributed by atoms with Crippen LogP contribution in [-0.4, -0.2) is 36.5 Å². The molecule has 0 amide bonds. The molecule has 1 aromatic carbocycles. The van der Waals surface area contributed by atoms with Gasteiger partial charge in [0.1, 0.15) is 0 Å². The summed E-state index contributed by atoms with van der Waals surface area (Å²) >= 11 is 1.51. The molecule has 140 valence electrons. The van der Waals surface area contributed by atoms with Crippen molar-refractivity contribution in [3.05, 3.63) is 40.9 Å². The van der Waals surface area contributed by atoms with E-state index in [1.54, 1.807) is 12.4 Å². The summed E-state index contributed by atoms with van der Waals surface area (Å²) in [7, 11) is 0. The Kier molecular flexibility index (Phi) is 5.47. The molecule has 0 unspecified atom stereocenters. The third-order valence-corrected chi connectivity index (χ3v) is 4.79. The van der Waals surface area contributed by atoms with Crippen molar-refractivity contribution in [3.8, 4) is 0 Å². The molecular weight excluding hydrogens is 365 g/mol. The number of morpholine rings is 1. The van der Waals surface area contributed by atoms with Gasteiger partial charge in [0, 0.05) is 19.3 Å². The van der Waals surface area contributed by atoms with Crippen LogP contribution in [0.1, 0.15) is 24.3 Å². The Morgan fingerprint density at radius 3 is 2.50 bits per heavy atom. The first-order valence-electron chi connectivity index (χ1n) is 8.14. The Balaban J connectivity index is 1.59. The van der Waals surface area contributed by atoms with Gasteiger partial charge in [-0.1, -0.05) is 11.3 Å². The molecular formula is C17H19F3N4OS. The lowest BCUT2D eigenvalue weighted by Gasteiger charge is -2.35. The Hall–Kier alpha value is -2.13. The van der Waals surface area contributed by atoms with Gasteiger partial charge in [0.15, 0.2) is 5.13 Å². The van der Waals surface area contributed by atoms with E-state index in [1.165, 1.54) is 23.5 Å². The number of hydrogen-bond donors (Lipinski definition) is 1. The van der Waals surface area contributed by atoms with E-state index in [4.69, 9.17) is 4.74 Å². The van der Waals surface area contributed by atoms with Crippen molar-refractivity contribution in [2.24, 2.45) is 5.10 Å². The van der Waals surface area contributed by atoms with E-state index in [2.05, 4.69) is 20.4 Å². The van der Waals surface area contributed by atoms with E-state index in [-0.39, 0.29) is 12.2 Å². The number of nitrogens with one attached hydrogen (secondary N) is 1. The first-order chi connectivity index (χ1) is 12.3. The number of nitrogens with zero attached hydrogens (tertiary/aromatic N) is 3. The quantitative estimate of drug-likeness (QED) is 0.633. The summed E-state index contributed by atoms with van der Waals surface area (Å²) < 4.78 is 43.3. The van der Waals surface area contributed by atoms with Crippen LogP contribution in [0, 0.1) is 0 Å². The van der Waals surface area contributed by atoms with Crippen LogP contribution in [0.15, 0.2) is 35.6 Å². The first kappa shape index (κ1) is 18.7. The van der Waals surface area contributed by atoms with E-state index in [0.29, 0.717) is 5.69 Å². The zero-order chi connectivity index (χ0) is 18.7. The van der Waals surface area contributed by atoms with E-state index in [1.807, 2.05) is 13.8 Å². The third-order valence-electron chi connectivity index (χ3n) is 3.80. The van der Waals surface area contributed by atoms with E-state index < -0.39 is 11.7 Å². The number of anilines is 2.